The SMILES string of the molecule is CC(O)(CNC(=O)CCCc1nc(C(C)(C)C)no1)C(=O)O. The molecule has 1 heterocycles. The van der Waals surface area contributed by atoms with Gasteiger partial charge in [0.25, 0.3) is 0 Å². The molecule has 1 rings (SSSR count). The van der Waals surface area contributed by atoms with Crippen LogP contribution in [-0.4, -0.2) is 44.4 Å². The molecular weight excluding hydrogens is 290 g/mol. The van der Waals surface area contributed by atoms with Gasteiger partial charge in [0.15, 0.2) is 11.4 Å². The highest BCUT2D eigenvalue weighted by Gasteiger charge is 2.30. The summed E-state index contributed by atoms with van der Waals surface area (Å²) >= 11 is 0. The Morgan fingerprint density at radius 1 is 1.27 bits per heavy atom. The van der Waals surface area contributed by atoms with E-state index in [2.05, 4.69) is 15.5 Å². The van der Waals surface area contributed by atoms with Crippen molar-refractivity contribution in [3.8, 4) is 0 Å². The van der Waals surface area contributed by atoms with Crippen molar-refractivity contribution in [1.29, 1.82) is 0 Å². The summed E-state index contributed by atoms with van der Waals surface area (Å²) in [6, 6.07) is 0. The number of nitrogens with zero attached hydrogens (tertiary/aromatic N) is 2. The quantitative estimate of drug-likeness (QED) is 0.674. The third kappa shape index (κ3) is 5.44. The number of carboxylic acid groups (broad SMARTS) is 1. The molecule has 22 heavy (non-hydrogen) atoms. The molecule has 8 nitrogen and oxygen atoms in total. The lowest BCUT2D eigenvalue weighted by atomic mass is 9.96. The molecule has 0 radical (unpaired) electrons. The second-order valence-corrected chi connectivity index (χ2v) is 6.47. The summed E-state index contributed by atoms with van der Waals surface area (Å²) < 4.78 is 5.11. The molecule has 1 atom stereocenters. The molecule has 0 fully saturated rings. The molecule has 0 aromatic carbocycles. The summed E-state index contributed by atoms with van der Waals surface area (Å²) in [5.74, 6) is -0.634. The van der Waals surface area contributed by atoms with Crippen LogP contribution in [-0.2, 0) is 21.4 Å². The first-order chi connectivity index (χ1) is 10.0. The molecule has 8 heteroatoms. The van der Waals surface area contributed by atoms with Crippen LogP contribution in [0.15, 0.2) is 4.52 Å². The number of aryl methyl sites for hydroxylation is 1. The molecule has 1 unspecified atom stereocenters. The number of aromatic nitrogens is 2. The van der Waals surface area contributed by atoms with Gasteiger partial charge in [0.2, 0.25) is 11.8 Å². The normalized spacial score (nSPS) is 14.4. The van der Waals surface area contributed by atoms with E-state index in [1.165, 1.54) is 0 Å². The summed E-state index contributed by atoms with van der Waals surface area (Å²) in [6.07, 6.45) is 1.14. The first-order valence-corrected chi connectivity index (χ1v) is 7.08. The van der Waals surface area contributed by atoms with E-state index < -0.39 is 11.6 Å². The fourth-order valence-corrected chi connectivity index (χ4v) is 1.50. The highest BCUT2D eigenvalue weighted by molar-refractivity contribution is 5.80. The van der Waals surface area contributed by atoms with Crippen LogP contribution in [0.2, 0.25) is 0 Å². The van der Waals surface area contributed by atoms with E-state index in [1.54, 1.807) is 0 Å². The largest absolute Gasteiger partial charge is 0.479 e. The number of aliphatic hydroxyl groups is 1. The Hall–Kier alpha value is -1.96. The molecule has 124 valence electrons. The molecule has 0 aliphatic rings. The van der Waals surface area contributed by atoms with E-state index in [1.807, 2.05) is 20.8 Å². The average molecular weight is 313 g/mol. The molecule has 0 saturated heterocycles. The highest BCUT2D eigenvalue weighted by atomic mass is 16.5. The summed E-state index contributed by atoms with van der Waals surface area (Å²) in [5, 5.41) is 24.5. The van der Waals surface area contributed by atoms with E-state index in [0.29, 0.717) is 24.6 Å². The second kappa shape index (κ2) is 6.87. The first-order valence-electron chi connectivity index (χ1n) is 7.08. The maximum absolute atomic E-state index is 11.6. The van der Waals surface area contributed by atoms with Crippen LogP contribution in [0.1, 0.15) is 52.3 Å². The van der Waals surface area contributed by atoms with Gasteiger partial charge in [0, 0.05) is 18.3 Å². The van der Waals surface area contributed by atoms with Crippen LogP contribution in [0.25, 0.3) is 0 Å². The molecule has 0 saturated carbocycles. The Bertz CT molecular complexity index is 531. The number of hydrogen-bond donors (Lipinski definition) is 3. The van der Waals surface area contributed by atoms with Crippen LogP contribution >= 0.6 is 0 Å². The number of nitrogens with one attached hydrogen (secondary N) is 1. The van der Waals surface area contributed by atoms with Crippen molar-refractivity contribution in [2.45, 2.75) is 58.0 Å². The zero-order valence-electron chi connectivity index (χ0n) is 13.3. The van der Waals surface area contributed by atoms with Gasteiger partial charge < -0.3 is 20.1 Å². The third-order valence-electron chi connectivity index (χ3n) is 3.02. The van der Waals surface area contributed by atoms with Crippen molar-refractivity contribution >= 4 is 11.9 Å². The molecule has 1 aromatic heterocycles. The molecule has 3 N–H and O–H groups in total. The van der Waals surface area contributed by atoms with Gasteiger partial charge >= 0.3 is 5.97 Å². The zero-order valence-corrected chi connectivity index (χ0v) is 13.3. The smallest absolute Gasteiger partial charge is 0.337 e. The fourth-order valence-electron chi connectivity index (χ4n) is 1.50. The van der Waals surface area contributed by atoms with E-state index in [4.69, 9.17) is 9.63 Å². The number of hydrogen-bond acceptors (Lipinski definition) is 6. The van der Waals surface area contributed by atoms with Crippen LogP contribution in [0.3, 0.4) is 0 Å². The molecule has 1 aromatic rings. The minimum Gasteiger partial charge on any atom is -0.479 e. The number of rotatable bonds is 7. The Kier molecular flexibility index (Phi) is 5.65. The van der Waals surface area contributed by atoms with Gasteiger partial charge in [-0.15, -0.1) is 0 Å². The Labute approximate surface area is 128 Å². The molecule has 1 amide bonds. The van der Waals surface area contributed by atoms with Crippen molar-refractivity contribution in [3.63, 3.8) is 0 Å². The van der Waals surface area contributed by atoms with Gasteiger partial charge in [-0.1, -0.05) is 25.9 Å². The molecule has 0 spiro atoms. The van der Waals surface area contributed by atoms with Crippen molar-refractivity contribution in [2.24, 2.45) is 0 Å². The zero-order chi connectivity index (χ0) is 17.0. The lowest BCUT2D eigenvalue weighted by Crippen LogP contribution is -2.46. The lowest BCUT2D eigenvalue weighted by molar-refractivity contribution is -0.156. The van der Waals surface area contributed by atoms with Crippen LogP contribution in [0.5, 0.6) is 0 Å². The lowest BCUT2D eigenvalue weighted by Gasteiger charge is -2.18. The summed E-state index contributed by atoms with van der Waals surface area (Å²) in [4.78, 5) is 26.5. The highest BCUT2D eigenvalue weighted by Crippen LogP contribution is 2.18. The average Bonchev–Trinajstić information content (AvgIpc) is 2.85. The summed E-state index contributed by atoms with van der Waals surface area (Å²) in [7, 11) is 0. The predicted molar refractivity (Wildman–Crippen MR) is 77.2 cm³/mol. The number of carboxylic acids is 1. The summed E-state index contributed by atoms with van der Waals surface area (Å²) in [5.41, 5.74) is -2.16. The van der Waals surface area contributed by atoms with Gasteiger partial charge in [-0.2, -0.15) is 4.98 Å². The van der Waals surface area contributed by atoms with E-state index in [9.17, 15) is 14.7 Å². The Balaban J connectivity index is 2.34. The van der Waals surface area contributed by atoms with Gasteiger partial charge in [0.05, 0.1) is 6.54 Å². The van der Waals surface area contributed by atoms with Crippen LogP contribution in [0, 0.1) is 0 Å². The maximum Gasteiger partial charge on any atom is 0.337 e. The topological polar surface area (TPSA) is 126 Å². The fraction of sp³-hybridized carbons (Fsp3) is 0.714. The van der Waals surface area contributed by atoms with E-state index >= 15 is 0 Å². The van der Waals surface area contributed by atoms with Gasteiger partial charge in [-0.05, 0) is 13.3 Å². The van der Waals surface area contributed by atoms with Crippen molar-refractivity contribution in [2.75, 3.05) is 6.54 Å². The Morgan fingerprint density at radius 2 is 1.91 bits per heavy atom. The van der Waals surface area contributed by atoms with Crippen LogP contribution in [0.4, 0.5) is 0 Å². The first kappa shape index (κ1) is 18.1. The Morgan fingerprint density at radius 3 is 2.41 bits per heavy atom. The van der Waals surface area contributed by atoms with Crippen molar-refractivity contribution < 1.29 is 24.3 Å². The van der Waals surface area contributed by atoms with Crippen LogP contribution < -0.4 is 5.32 Å². The minimum absolute atomic E-state index is 0.183. The standard InChI is InChI=1S/C14H23N3O5/c1-13(2,3)11-16-10(22-17-11)7-5-6-9(18)15-8-14(4,21)12(19)20/h21H,5-8H2,1-4H3,(H,15,18)(H,19,20). The van der Waals surface area contributed by atoms with Gasteiger partial charge in [0.1, 0.15) is 0 Å². The minimum atomic E-state index is -1.97. The monoisotopic (exact) mass is 313 g/mol. The molecule has 0 aliphatic carbocycles. The molecule has 0 bridgehead atoms. The van der Waals surface area contributed by atoms with E-state index in [-0.39, 0.29) is 24.3 Å². The number of carbonyl (C=O) groups excluding carboxylic acids is 1. The number of amides is 1. The molecular formula is C14H23N3O5. The maximum atomic E-state index is 11.6. The van der Waals surface area contributed by atoms with Gasteiger partial charge in [-0.25, -0.2) is 4.79 Å². The third-order valence-corrected chi connectivity index (χ3v) is 3.02. The summed E-state index contributed by atoms with van der Waals surface area (Å²) in [6.45, 7) is 6.72. The van der Waals surface area contributed by atoms with Gasteiger partial charge in [-0.3, -0.25) is 4.79 Å². The van der Waals surface area contributed by atoms with Crippen molar-refractivity contribution in [3.05, 3.63) is 11.7 Å². The number of carbonyl (C=O) groups is 2. The second-order valence-electron chi connectivity index (χ2n) is 6.47. The number of aliphatic carboxylic acids is 1. The predicted octanol–water partition coefficient (Wildman–Crippen LogP) is 0.642. The van der Waals surface area contributed by atoms with Crippen molar-refractivity contribution in [1.82, 2.24) is 15.5 Å². The van der Waals surface area contributed by atoms with E-state index in [0.717, 1.165) is 6.92 Å². The molecule has 0 aliphatic heterocycles.